The molecular weight excluding hydrogens is 483 g/mol. The van der Waals surface area contributed by atoms with Crippen molar-refractivity contribution in [1.29, 1.82) is 0 Å². The van der Waals surface area contributed by atoms with E-state index >= 15 is 0 Å². The lowest BCUT2D eigenvalue weighted by Gasteiger charge is -2.26. The number of anilines is 2. The number of carbonyl (C=O) groups is 2. The van der Waals surface area contributed by atoms with E-state index in [1.54, 1.807) is 17.3 Å². The Morgan fingerprint density at radius 3 is 2.44 bits per heavy atom. The van der Waals surface area contributed by atoms with E-state index in [0.717, 1.165) is 18.2 Å². The number of aromatic nitrogens is 4. The number of ether oxygens (including phenoxy) is 2. The number of hydrogen-bond acceptors (Lipinski definition) is 9. The summed E-state index contributed by atoms with van der Waals surface area (Å²) in [6.45, 7) is 1.88. The topological polar surface area (TPSA) is 131 Å². The molecule has 2 N–H and O–H groups in total. The predicted molar refractivity (Wildman–Crippen MR) is 120 cm³/mol. The summed E-state index contributed by atoms with van der Waals surface area (Å²) < 4.78 is 47.9. The Balaban J connectivity index is 1.48. The maximum Gasteiger partial charge on any atom is 0.573 e. The molecule has 1 saturated heterocycles. The molecule has 0 spiro atoms. The Kier molecular flexibility index (Phi) is 7.65. The van der Waals surface area contributed by atoms with Crippen LogP contribution in [0.1, 0.15) is 10.4 Å². The summed E-state index contributed by atoms with van der Waals surface area (Å²) in [5.41, 5.74) is 0.769. The molecule has 188 valence electrons. The molecule has 1 aromatic carbocycles. The Labute approximate surface area is 202 Å². The highest BCUT2D eigenvalue weighted by molar-refractivity contribution is 6.05. The number of hydrogen-bond donors (Lipinski definition) is 2. The first-order valence-electron chi connectivity index (χ1n) is 10.7. The Morgan fingerprint density at radius 2 is 1.78 bits per heavy atom. The smallest absolute Gasteiger partial charge is 0.404 e. The third-order valence-electron chi connectivity index (χ3n) is 4.96. The van der Waals surface area contributed by atoms with Crippen LogP contribution < -0.4 is 15.4 Å². The molecule has 3 heterocycles. The van der Waals surface area contributed by atoms with Crippen LogP contribution in [-0.4, -0.2) is 75.9 Å². The van der Waals surface area contributed by atoms with Crippen LogP contribution in [0.2, 0.25) is 0 Å². The fourth-order valence-electron chi connectivity index (χ4n) is 3.30. The lowest BCUT2D eigenvalue weighted by Crippen LogP contribution is -2.41. The number of nitrogens with one attached hydrogen (secondary N) is 2. The third-order valence-corrected chi connectivity index (χ3v) is 4.96. The molecule has 1 fully saturated rings. The second-order valence-corrected chi connectivity index (χ2v) is 7.56. The van der Waals surface area contributed by atoms with Gasteiger partial charge in [-0.25, -0.2) is 15.0 Å². The number of carbonyl (C=O) groups excluding carboxylic acids is 2. The van der Waals surface area contributed by atoms with Crippen molar-refractivity contribution in [1.82, 2.24) is 24.8 Å². The fraction of sp³-hybridized carbons (Fsp3) is 0.273. The molecule has 0 bridgehead atoms. The molecule has 0 atom stereocenters. The van der Waals surface area contributed by atoms with Gasteiger partial charge in [0.2, 0.25) is 5.91 Å². The lowest BCUT2D eigenvalue weighted by molar-refractivity contribution is -0.274. The molecule has 2 aromatic heterocycles. The molecule has 2 amide bonds. The highest BCUT2D eigenvalue weighted by Gasteiger charge is 2.32. The third kappa shape index (κ3) is 6.93. The summed E-state index contributed by atoms with van der Waals surface area (Å²) >= 11 is 0. The van der Waals surface area contributed by atoms with Crippen LogP contribution in [0.3, 0.4) is 0 Å². The normalized spacial score (nSPS) is 14.2. The first kappa shape index (κ1) is 24.9. The lowest BCUT2D eigenvalue weighted by atomic mass is 10.1. The number of halogens is 3. The van der Waals surface area contributed by atoms with E-state index in [4.69, 9.17) is 4.74 Å². The van der Waals surface area contributed by atoms with E-state index in [1.165, 1.54) is 18.7 Å². The highest BCUT2D eigenvalue weighted by Crippen LogP contribution is 2.31. The molecule has 3 aromatic rings. The van der Waals surface area contributed by atoms with Gasteiger partial charge in [-0.1, -0.05) is 0 Å². The largest absolute Gasteiger partial charge is 0.573 e. The van der Waals surface area contributed by atoms with Gasteiger partial charge in [-0.3, -0.25) is 19.5 Å². The minimum absolute atomic E-state index is 0.0338. The monoisotopic (exact) mass is 503 g/mol. The van der Waals surface area contributed by atoms with Crippen molar-refractivity contribution < 1.29 is 32.2 Å². The van der Waals surface area contributed by atoms with Gasteiger partial charge in [0, 0.05) is 36.6 Å². The van der Waals surface area contributed by atoms with Crippen molar-refractivity contribution in [3.8, 4) is 17.0 Å². The van der Waals surface area contributed by atoms with Gasteiger partial charge in [-0.05, 0) is 18.2 Å². The molecule has 36 heavy (non-hydrogen) atoms. The van der Waals surface area contributed by atoms with Crippen molar-refractivity contribution in [3.05, 3.63) is 54.9 Å². The standard InChI is InChI=1S/C22H20F3N7O4/c23-22(24,25)36-18-2-1-14(7-16(18)30-20(33)12-32-3-5-35-6-4-32)21(34)31-19-11-28-17(10-29-19)15-8-26-13-27-9-15/h1-2,7-11,13H,3-6,12H2,(H,30,33)(H,29,31,34). The molecule has 0 saturated carbocycles. The number of alkyl halides is 3. The van der Waals surface area contributed by atoms with E-state index in [9.17, 15) is 22.8 Å². The van der Waals surface area contributed by atoms with Crippen LogP contribution in [-0.2, 0) is 9.53 Å². The van der Waals surface area contributed by atoms with Crippen LogP contribution in [0.15, 0.2) is 49.3 Å². The summed E-state index contributed by atoms with van der Waals surface area (Å²) in [6.07, 6.45) is 2.20. The maximum absolute atomic E-state index is 12.9. The predicted octanol–water partition coefficient (Wildman–Crippen LogP) is 2.36. The number of amides is 2. The molecule has 4 rings (SSSR count). The van der Waals surface area contributed by atoms with Gasteiger partial charge in [0.15, 0.2) is 11.6 Å². The fourth-order valence-corrected chi connectivity index (χ4v) is 3.30. The highest BCUT2D eigenvalue weighted by atomic mass is 19.4. The molecule has 0 aliphatic carbocycles. The van der Waals surface area contributed by atoms with Crippen LogP contribution in [0.5, 0.6) is 5.75 Å². The molecule has 11 nitrogen and oxygen atoms in total. The van der Waals surface area contributed by atoms with Crippen molar-refractivity contribution in [2.75, 3.05) is 43.5 Å². The molecular formula is C22H20F3N7O4. The summed E-state index contributed by atoms with van der Waals surface area (Å²) in [4.78, 5) is 43.1. The zero-order valence-corrected chi connectivity index (χ0v) is 18.7. The molecule has 14 heteroatoms. The Bertz CT molecular complexity index is 1200. The van der Waals surface area contributed by atoms with E-state index in [1.807, 2.05) is 0 Å². The number of rotatable bonds is 7. The van der Waals surface area contributed by atoms with Crippen molar-refractivity contribution in [3.63, 3.8) is 0 Å². The summed E-state index contributed by atoms with van der Waals surface area (Å²) in [6, 6.07) is 3.19. The van der Waals surface area contributed by atoms with E-state index < -0.39 is 23.9 Å². The van der Waals surface area contributed by atoms with Gasteiger partial charge >= 0.3 is 6.36 Å². The van der Waals surface area contributed by atoms with Gasteiger partial charge < -0.3 is 20.1 Å². The van der Waals surface area contributed by atoms with Gasteiger partial charge in [-0.2, -0.15) is 0 Å². The number of nitrogens with zero attached hydrogens (tertiary/aromatic N) is 5. The van der Waals surface area contributed by atoms with Crippen LogP contribution >= 0.6 is 0 Å². The van der Waals surface area contributed by atoms with Crippen LogP contribution in [0.25, 0.3) is 11.3 Å². The average Bonchev–Trinajstić information content (AvgIpc) is 2.86. The second kappa shape index (κ2) is 11.0. The van der Waals surface area contributed by atoms with E-state index in [0.29, 0.717) is 37.6 Å². The van der Waals surface area contributed by atoms with Crippen molar-refractivity contribution >= 4 is 23.3 Å². The van der Waals surface area contributed by atoms with Gasteiger partial charge in [0.1, 0.15) is 6.33 Å². The van der Waals surface area contributed by atoms with Gasteiger partial charge in [0.05, 0.1) is 43.5 Å². The van der Waals surface area contributed by atoms with Crippen LogP contribution in [0, 0.1) is 0 Å². The minimum atomic E-state index is -4.99. The molecule has 0 radical (unpaired) electrons. The number of morpholine rings is 1. The second-order valence-electron chi connectivity index (χ2n) is 7.56. The van der Waals surface area contributed by atoms with Gasteiger partial charge in [-0.15, -0.1) is 13.2 Å². The average molecular weight is 503 g/mol. The SMILES string of the molecule is O=C(CN1CCOCC1)Nc1cc(C(=O)Nc2cnc(-c3cncnc3)cn2)ccc1OC(F)(F)F. The summed E-state index contributed by atoms with van der Waals surface area (Å²) in [7, 11) is 0. The quantitative estimate of drug-likeness (QED) is 0.499. The zero-order chi connectivity index (χ0) is 25.5. The van der Waals surface area contributed by atoms with Crippen molar-refractivity contribution in [2.24, 2.45) is 0 Å². The zero-order valence-electron chi connectivity index (χ0n) is 18.7. The minimum Gasteiger partial charge on any atom is -0.404 e. The van der Waals surface area contributed by atoms with Crippen LogP contribution in [0.4, 0.5) is 24.7 Å². The van der Waals surface area contributed by atoms with E-state index in [-0.39, 0.29) is 23.6 Å². The first-order chi connectivity index (χ1) is 17.3. The Morgan fingerprint density at radius 1 is 1.03 bits per heavy atom. The van der Waals surface area contributed by atoms with Gasteiger partial charge in [0.25, 0.3) is 5.91 Å². The number of benzene rings is 1. The molecule has 1 aliphatic rings. The molecule has 0 unspecified atom stereocenters. The maximum atomic E-state index is 12.9. The Hall–Kier alpha value is -4.17. The molecule has 1 aliphatic heterocycles. The summed E-state index contributed by atoms with van der Waals surface area (Å²) in [5.74, 6) is -1.78. The van der Waals surface area contributed by atoms with Crippen molar-refractivity contribution in [2.45, 2.75) is 6.36 Å². The summed E-state index contributed by atoms with van der Waals surface area (Å²) in [5, 5.41) is 4.91. The van der Waals surface area contributed by atoms with E-state index in [2.05, 4.69) is 35.3 Å². The first-order valence-corrected chi connectivity index (χ1v) is 10.7.